The Morgan fingerprint density at radius 2 is 1.73 bits per heavy atom. The SMILES string of the molecule is CCC1=C(c2ccncc2)[C@@]2(C)CC[C@H]3[C@@H]([C@@H](CC)C=C4C[C@@H](O)CC[C@@]43C)[C@@H]2C1. The number of hydrogen-bond donors (Lipinski definition) is 1. The number of aliphatic hydroxyl groups excluding tert-OH is 1. The van der Waals surface area contributed by atoms with E-state index in [1.165, 1.54) is 44.1 Å². The summed E-state index contributed by atoms with van der Waals surface area (Å²) in [4.78, 5) is 4.29. The molecule has 2 fully saturated rings. The molecule has 2 nitrogen and oxygen atoms in total. The number of rotatable bonds is 3. The first-order valence-electron chi connectivity index (χ1n) is 12.4. The molecule has 0 bridgehead atoms. The molecule has 0 unspecified atom stereocenters. The lowest BCUT2D eigenvalue weighted by molar-refractivity contribution is -0.0468. The molecule has 0 spiro atoms. The molecule has 1 N–H and O–H groups in total. The number of fused-ring (bicyclic) bond motifs is 5. The maximum atomic E-state index is 10.4. The van der Waals surface area contributed by atoms with Gasteiger partial charge in [-0.25, -0.2) is 0 Å². The summed E-state index contributed by atoms with van der Waals surface area (Å²) in [5, 5.41) is 10.4. The summed E-state index contributed by atoms with van der Waals surface area (Å²) in [5.41, 5.74) is 6.96. The number of nitrogens with zero attached hydrogens (tertiary/aromatic N) is 1. The van der Waals surface area contributed by atoms with Crippen molar-refractivity contribution in [2.75, 3.05) is 0 Å². The number of hydrogen-bond acceptors (Lipinski definition) is 2. The molecule has 7 atom stereocenters. The highest BCUT2D eigenvalue weighted by molar-refractivity contribution is 5.76. The second-order valence-electron chi connectivity index (χ2n) is 11.1. The van der Waals surface area contributed by atoms with Gasteiger partial charge >= 0.3 is 0 Å². The lowest BCUT2D eigenvalue weighted by Gasteiger charge is -2.60. The van der Waals surface area contributed by atoms with Gasteiger partial charge in [-0.1, -0.05) is 44.9 Å². The smallest absolute Gasteiger partial charge is 0.0577 e. The van der Waals surface area contributed by atoms with Crippen molar-refractivity contribution < 1.29 is 5.11 Å². The molecule has 162 valence electrons. The summed E-state index contributed by atoms with van der Waals surface area (Å²) in [6, 6.07) is 4.48. The molecule has 1 aromatic rings. The molecule has 0 amide bonds. The van der Waals surface area contributed by atoms with Gasteiger partial charge in [0.2, 0.25) is 0 Å². The van der Waals surface area contributed by atoms with E-state index >= 15 is 0 Å². The second-order valence-corrected chi connectivity index (χ2v) is 11.1. The van der Waals surface area contributed by atoms with Gasteiger partial charge in [0.05, 0.1) is 6.10 Å². The Morgan fingerprint density at radius 1 is 1.00 bits per heavy atom. The van der Waals surface area contributed by atoms with Crippen molar-refractivity contribution in [3.8, 4) is 0 Å². The summed E-state index contributed by atoms with van der Waals surface area (Å²) in [7, 11) is 0. The van der Waals surface area contributed by atoms with Crippen LogP contribution in [-0.4, -0.2) is 16.2 Å². The van der Waals surface area contributed by atoms with Crippen LogP contribution in [0.4, 0.5) is 0 Å². The fraction of sp³-hybridized carbons (Fsp3) is 0.679. The molecule has 2 saturated carbocycles. The lowest BCUT2D eigenvalue weighted by atomic mass is 9.45. The second kappa shape index (κ2) is 7.33. The minimum absolute atomic E-state index is 0.120. The average molecular weight is 406 g/mol. The summed E-state index contributed by atoms with van der Waals surface area (Å²) in [6.45, 7) is 9.88. The van der Waals surface area contributed by atoms with E-state index < -0.39 is 0 Å². The molecule has 2 heteroatoms. The molecule has 0 aromatic carbocycles. The van der Waals surface area contributed by atoms with Gasteiger partial charge in [-0.3, -0.25) is 4.98 Å². The third kappa shape index (κ3) is 2.82. The molecule has 1 aromatic heterocycles. The molecule has 4 aliphatic rings. The van der Waals surface area contributed by atoms with E-state index in [9.17, 15) is 5.11 Å². The Bertz CT molecular complexity index is 870. The van der Waals surface area contributed by atoms with Gasteiger partial charge in [0.15, 0.2) is 0 Å². The summed E-state index contributed by atoms with van der Waals surface area (Å²) in [5.74, 6) is 2.98. The van der Waals surface area contributed by atoms with Gasteiger partial charge in [0.1, 0.15) is 0 Å². The van der Waals surface area contributed by atoms with Crippen LogP contribution in [0.25, 0.3) is 5.57 Å². The van der Waals surface area contributed by atoms with Crippen LogP contribution < -0.4 is 0 Å². The van der Waals surface area contributed by atoms with Crippen LogP contribution >= 0.6 is 0 Å². The Hall–Kier alpha value is -1.41. The number of pyridine rings is 1. The maximum absolute atomic E-state index is 10.4. The van der Waals surface area contributed by atoms with Gasteiger partial charge in [0, 0.05) is 12.4 Å². The summed E-state index contributed by atoms with van der Waals surface area (Å²) in [6.07, 6.45) is 15.9. The standard InChI is InChI=1S/C28H39NO/c1-5-18-15-21-17-22(30)7-11-27(21,3)23-8-12-28(4)24(25(18)23)16-19(6-2)26(28)20-9-13-29-14-10-20/h9-10,13-15,18,22-25,30H,5-8,11-12,16-17H2,1-4H3/t18-,22-,23-,24-,25+,27-,28-/m0/s1. The van der Waals surface area contributed by atoms with E-state index in [1.54, 1.807) is 16.7 Å². The highest BCUT2D eigenvalue weighted by Gasteiger charge is 2.59. The Kier molecular flexibility index (Phi) is 5.01. The van der Waals surface area contributed by atoms with E-state index in [-0.39, 0.29) is 11.5 Å². The molecular formula is C28H39NO. The largest absolute Gasteiger partial charge is 0.393 e. The predicted octanol–water partition coefficient (Wildman–Crippen LogP) is 6.81. The van der Waals surface area contributed by atoms with Crippen LogP contribution in [0.3, 0.4) is 0 Å². The van der Waals surface area contributed by atoms with Crippen molar-refractivity contribution in [3.63, 3.8) is 0 Å². The van der Waals surface area contributed by atoms with Gasteiger partial charge < -0.3 is 5.11 Å². The highest BCUT2D eigenvalue weighted by atomic mass is 16.3. The summed E-state index contributed by atoms with van der Waals surface area (Å²) >= 11 is 0. The van der Waals surface area contributed by atoms with E-state index in [0.29, 0.717) is 11.3 Å². The van der Waals surface area contributed by atoms with Crippen LogP contribution in [-0.2, 0) is 0 Å². The van der Waals surface area contributed by atoms with E-state index in [2.05, 4.69) is 50.9 Å². The van der Waals surface area contributed by atoms with Crippen LogP contribution in [0.2, 0.25) is 0 Å². The van der Waals surface area contributed by atoms with Crippen LogP contribution in [0.1, 0.15) is 84.6 Å². The molecule has 30 heavy (non-hydrogen) atoms. The Labute approximate surface area is 182 Å². The zero-order valence-electron chi connectivity index (χ0n) is 19.3. The fourth-order valence-electron chi connectivity index (χ4n) is 8.35. The van der Waals surface area contributed by atoms with Crippen LogP contribution in [0, 0.1) is 34.5 Å². The van der Waals surface area contributed by atoms with Crippen molar-refractivity contribution in [1.29, 1.82) is 0 Å². The number of allylic oxidation sites excluding steroid dienone is 3. The van der Waals surface area contributed by atoms with Gasteiger partial charge in [-0.15, -0.1) is 0 Å². The van der Waals surface area contributed by atoms with Crippen molar-refractivity contribution in [2.24, 2.45) is 34.5 Å². The van der Waals surface area contributed by atoms with Crippen LogP contribution in [0.15, 0.2) is 41.7 Å². The van der Waals surface area contributed by atoms with Gasteiger partial charge in [-0.05, 0) is 109 Å². The zero-order chi connectivity index (χ0) is 21.1. The predicted molar refractivity (Wildman–Crippen MR) is 124 cm³/mol. The van der Waals surface area contributed by atoms with Crippen molar-refractivity contribution in [1.82, 2.24) is 4.98 Å². The highest BCUT2D eigenvalue weighted by Crippen LogP contribution is 2.69. The van der Waals surface area contributed by atoms with Crippen molar-refractivity contribution in [3.05, 3.63) is 47.3 Å². The summed E-state index contributed by atoms with van der Waals surface area (Å²) < 4.78 is 0. The molecule has 4 aliphatic carbocycles. The molecule has 1 heterocycles. The maximum Gasteiger partial charge on any atom is 0.0577 e. The number of aromatic nitrogens is 1. The normalized spacial score (nSPS) is 43.0. The van der Waals surface area contributed by atoms with Crippen LogP contribution in [0.5, 0.6) is 0 Å². The third-order valence-corrected chi connectivity index (χ3v) is 9.89. The average Bonchev–Trinajstić information content (AvgIpc) is 3.06. The molecule has 5 rings (SSSR count). The molecular weight excluding hydrogens is 366 g/mol. The van der Waals surface area contributed by atoms with E-state index in [1.807, 2.05) is 12.4 Å². The topological polar surface area (TPSA) is 33.1 Å². The third-order valence-electron chi connectivity index (χ3n) is 9.89. The van der Waals surface area contributed by atoms with E-state index in [4.69, 9.17) is 0 Å². The zero-order valence-corrected chi connectivity index (χ0v) is 19.3. The fourth-order valence-corrected chi connectivity index (χ4v) is 8.35. The van der Waals surface area contributed by atoms with Crippen molar-refractivity contribution >= 4 is 5.57 Å². The minimum Gasteiger partial charge on any atom is -0.393 e. The monoisotopic (exact) mass is 405 g/mol. The Balaban J connectivity index is 1.58. The molecule has 0 saturated heterocycles. The quantitative estimate of drug-likeness (QED) is 0.560. The van der Waals surface area contributed by atoms with Crippen molar-refractivity contribution in [2.45, 2.75) is 85.2 Å². The minimum atomic E-state index is -0.120. The van der Waals surface area contributed by atoms with Gasteiger partial charge in [-0.2, -0.15) is 0 Å². The van der Waals surface area contributed by atoms with E-state index in [0.717, 1.165) is 30.6 Å². The first-order chi connectivity index (χ1) is 14.4. The first-order valence-corrected chi connectivity index (χ1v) is 12.4. The first kappa shape index (κ1) is 20.5. The lowest BCUT2D eigenvalue weighted by Crippen LogP contribution is -2.52. The van der Waals surface area contributed by atoms with Gasteiger partial charge in [0.25, 0.3) is 0 Å². The number of aliphatic hydroxyl groups is 1. The molecule has 0 aliphatic heterocycles. The Morgan fingerprint density at radius 3 is 2.43 bits per heavy atom. The molecule has 0 radical (unpaired) electrons.